The van der Waals surface area contributed by atoms with Gasteiger partial charge >= 0.3 is 12.1 Å². The second-order valence-corrected chi connectivity index (χ2v) is 9.06. The number of benzene rings is 3. The summed E-state index contributed by atoms with van der Waals surface area (Å²) in [5.74, 6) is 0.127. The fourth-order valence-electron chi connectivity index (χ4n) is 4.90. The maximum absolute atomic E-state index is 13.2. The fourth-order valence-corrected chi connectivity index (χ4v) is 4.90. The summed E-state index contributed by atoms with van der Waals surface area (Å²) in [6.07, 6.45) is 0.341. The largest absolute Gasteiger partial charge is 0.496 e. The van der Waals surface area contributed by atoms with Crippen LogP contribution < -0.4 is 15.2 Å². The summed E-state index contributed by atoms with van der Waals surface area (Å²) in [6, 6.07) is 15.4. The second kappa shape index (κ2) is 10.5. The third kappa shape index (κ3) is 5.13. The van der Waals surface area contributed by atoms with Gasteiger partial charge in [0.2, 0.25) is 5.91 Å². The van der Waals surface area contributed by atoms with Gasteiger partial charge in [-0.3, -0.25) is 4.79 Å². The summed E-state index contributed by atoms with van der Waals surface area (Å²) >= 11 is 0. The number of esters is 1. The van der Waals surface area contributed by atoms with Gasteiger partial charge in [-0.15, -0.1) is 0 Å². The number of amides is 2. The first kappa shape index (κ1) is 25.8. The van der Waals surface area contributed by atoms with Crippen molar-refractivity contribution in [2.75, 3.05) is 13.7 Å². The van der Waals surface area contributed by atoms with E-state index < -0.39 is 12.1 Å². The molecule has 4 aromatic rings. The number of nitrogens with zero attached hydrogens (tertiary/aromatic N) is 1. The minimum Gasteiger partial charge on any atom is -0.496 e. The SMILES string of the molecule is COc1cc2c(C(=O)OC(N)=O)c(-c3ccc(Oc4ccc(F)cc4)cc3)oc2cc1C1CCCN1C(C)=O. The minimum atomic E-state index is -1.25. The summed E-state index contributed by atoms with van der Waals surface area (Å²) in [4.78, 5) is 38.4. The van der Waals surface area contributed by atoms with Gasteiger partial charge in [0.1, 0.15) is 40.0 Å². The van der Waals surface area contributed by atoms with Crippen molar-refractivity contribution >= 4 is 28.9 Å². The predicted molar refractivity (Wildman–Crippen MR) is 139 cm³/mol. The van der Waals surface area contributed by atoms with Crippen molar-refractivity contribution in [2.24, 2.45) is 5.73 Å². The van der Waals surface area contributed by atoms with Crippen molar-refractivity contribution in [1.82, 2.24) is 4.90 Å². The average molecular weight is 533 g/mol. The highest BCUT2D eigenvalue weighted by Crippen LogP contribution is 2.43. The molecule has 2 N–H and O–H groups in total. The summed E-state index contributed by atoms with van der Waals surface area (Å²) in [6.45, 7) is 2.16. The number of hydrogen-bond acceptors (Lipinski definition) is 7. The highest BCUT2D eigenvalue weighted by molar-refractivity contribution is 6.11. The number of fused-ring (bicyclic) bond motifs is 1. The summed E-state index contributed by atoms with van der Waals surface area (Å²) in [5.41, 5.74) is 6.72. The molecule has 2 amide bonds. The molecule has 1 unspecified atom stereocenters. The first-order chi connectivity index (χ1) is 18.7. The Labute approximate surface area is 222 Å². The number of halogens is 1. The Morgan fingerprint density at radius 2 is 1.69 bits per heavy atom. The van der Waals surface area contributed by atoms with Crippen molar-refractivity contribution in [1.29, 1.82) is 0 Å². The highest BCUT2D eigenvalue weighted by Gasteiger charge is 2.32. The normalized spacial score (nSPS) is 14.8. The van der Waals surface area contributed by atoms with Gasteiger partial charge in [0.05, 0.1) is 13.2 Å². The molecule has 2 heterocycles. The topological polar surface area (TPSA) is 121 Å². The number of furan rings is 1. The molecule has 0 bridgehead atoms. The van der Waals surface area contributed by atoms with E-state index in [1.807, 2.05) is 0 Å². The number of ether oxygens (including phenoxy) is 3. The van der Waals surface area contributed by atoms with Crippen LogP contribution in [0.25, 0.3) is 22.3 Å². The number of carbonyl (C=O) groups is 3. The number of nitrogens with two attached hydrogens (primary N) is 1. The Bertz CT molecular complexity index is 1560. The predicted octanol–water partition coefficient (Wildman–Crippen LogP) is 5.96. The third-order valence-electron chi connectivity index (χ3n) is 6.62. The number of likely N-dealkylation sites (tertiary alicyclic amines) is 1. The number of primary amides is 1. The molecule has 3 aromatic carbocycles. The van der Waals surface area contributed by atoms with E-state index in [1.165, 1.54) is 38.3 Å². The number of hydrogen-bond donors (Lipinski definition) is 1. The number of methoxy groups -OCH3 is 1. The zero-order chi connectivity index (χ0) is 27.7. The van der Waals surface area contributed by atoms with Crippen LogP contribution in [0.4, 0.5) is 9.18 Å². The van der Waals surface area contributed by atoms with Gasteiger partial charge in [-0.25, -0.2) is 14.0 Å². The van der Waals surface area contributed by atoms with Crippen LogP contribution in [0, 0.1) is 5.82 Å². The minimum absolute atomic E-state index is 0.00398. The molecule has 0 saturated carbocycles. The van der Waals surface area contributed by atoms with Crippen molar-refractivity contribution in [3.63, 3.8) is 0 Å². The van der Waals surface area contributed by atoms with Gasteiger partial charge in [0.15, 0.2) is 0 Å². The maximum atomic E-state index is 13.2. The molecule has 1 saturated heterocycles. The molecule has 1 aliphatic heterocycles. The number of rotatable bonds is 6. The lowest BCUT2D eigenvalue weighted by molar-refractivity contribution is -0.129. The lowest BCUT2D eigenvalue weighted by atomic mass is 9.99. The monoisotopic (exact) mass is 532 g/mol. The standard InChI is InChI=1S/C29H25FN2O7/c1-16(33)32-13-3-4-23(32)21-14-25-22(15-24(21)36-2)26(28(34)39-29(31)35)27(38-25)17-5-9-19(10-6-17)37-20-11-7-18(30)8-12-20/h5-12,14-15,23H,3-4,13H2,1-2H3,(H2,31,35). The van der Waals surface area contributed by atoms with Gasteiger partial charge in [0.25, 0.3) is 0 Å². The summed E-state index contributed by atoms with van der Waals surface area (Å²) < 4.78 is 35.5. The summed E-state index contributed by atoms with van der Waals surface area (Å²) in [7, 11) is 1.50. The van der Waals surface area contributed by atoms with Crippen LogP contribution >= 0.6 is 0 Å². The molecule has 1 aliphatic rings. The highest BCUT2D eigenvalue weighted by atomic mass is 19.1. The van der Waals surface area contributed by atoms with Crippen LogP contribution in [0.1, 0.15) is 41.7 Å². The molecule has 1 atom stereocenters. The van der Waals surface area contributed by atoms with Crippen LogP contribution in [-0.2, 0) is 9.53 Å². The molecular formula is C29H25FN2O7. The second-order valence-electron chi connectivity index (χ2n) is 9.06. The van der Waals surface area contributed by atoms with E-state index in [1.54, 1.807) is 41.3 Å². The quantitative estimate of drug-likeness (QED) is 0.240. The lowest BCUT2D eigenvalue weighted by Gasteiger charge is -2.25. The maximum Gasteiger partial charge on any atom is 0.412 e. The Balaban J connectivity index is 1.58. The molecule has 9 nitrogen and oxygen atoms in total. The van der Waals surface area contributed by atoms with E-state index in [0.717, 1.165) is 18.4 Å². The van der Waals surface area contributed by atoms with Crippen molar-refractivity contribution < 1.29 is 37.4 Å². The Hall–Kier alpha value is -4.86. The molecule has 0 spiro atoms. The van der Waals surface area contributed by atoms with Gasteiger partial charge in [0, 0.05) is 30.0 Å². The van der Waals surface area contributed by atoms with E-state index in [0.29, 0.717) is 40.3 Å². The third-order valence-corrected chi connectivity index (χ3v) is 6.62. The molecule has 0 aliphatic carbocycles. The number of carbonyl (C=O) groups excluding carboxylic acids is 3. The molecular weight excluding hydrogens is 507 g/mol. The van der Waals surface area contributed by atoms with Gasteiger partial charge < -0.3 is 29.3 Å². The smallest absolute Gasteiger partial charge is 0.412 e. The van der Waals surface area contributed by atoms with Crippen LogP contribution in [0.2, 0.25) is 0 Å². The first-order valence-electron chi connectivity index (χ1n) is 12.2. The van der Waals surface area contributed by atoms with E-state index >= 15 is 0 Å². The van der Waals surface area contributed by atoms with Crippen molar-refractivity contribution in [2.45, 2.75) is 25.8 Å². The lowest BCUT2D eigenvalue weighted by Crippen LogP contribution is -2.28. The van der Waals surface area contributed by atoms with Crippen LogP contribution in [0.15, 0.2) is 65.1 Å². The Morgan fingerprint density at radius 3 is 2.31 bits per heavy atom. The zero-order valence-corrected chi connectivity index (χ0v) is 21.2. The molecule has 1 aromatic heterocycles. The first-order valence-corrected chi connectivity index (χ1v) is 12.2. The molecule has 5 rings (SSSR count). The van der Waals surface area contributed by atoms with Crippen LogP contribution in [0.3, 0.4) is 0 Å². The fraction of sp³-hybridized carbons (Fsp3) is 0.207. The van der Waals surface area contributed by atoms with E-state index in [9.17, 15) is 18.8 Å². The van der Waals surface area contributed by atoms with Gasteiger partial charge in [-0.2, -0.15) is 0 Å². The molecule has 39 heavy (non-hydrogen) atoms. The molecule has 1 fully saturated rings. The Morgan fingerprint density at radius 1 is 1.03 bits per heavy atom. The molecule has 10 heteroatoms. The van der Waals surface area contributed by atoms with Crippen LogP contribution in [-0.4, -0.2) is 36.5 Å². The van der Waals surface area contributed by atoms with E-state index in [4.69, 9.17) is 24.4 Å². The van der Waals surface area contributed by atoms with E-state index in [2.05, 4.69) is 0 Å². The van der Waals surface area contributed by atoms with Crippen LogP contribution in [0.5, 0.6) is 17.2 Å². The zero-order valence-electron chi connectivity index (χ0n) is 21.2. The average Bonchev–Trinajstić information content (AvgIpc) is 3.54. The molecule has 200 valence electrons. The van der Waals surface area contributed by atoms with Crippen molar-refractivity contribution in [3.8, 4) is 28.6 Å². The van der Waals surface area contributed by atoms with Gasteiger partial charge in [-0.05, 0) is 73.5 Å². The summed E-state index contributed by atoms with van der Waals surface area (Å²) in [5, 5.41) is 0.357. The van der Waals surface area contributed by atoms with E-state index in [-0.39, 0.29) is 29.1 Å². The van der Waals surface area contributed by atoms with Gasteiger partial charge in [-0.1, -0.05) is 0 Å². The van der Waals surface area contributed by atoms with Crippen molar-refractivity contribution in [3.05, 3.63) is 77.6 Å². The Kier molecular flexibility index (Phi) is 6.93. The molecule has 0 radical (unpaired) electrons.